The highest BCUT2D eigenvalue weighted by molar-refractivity contribution is 7.98. The van der Waals surface area contributed by atoms with E-state index >= 15 is 0 Å². The molecule has 12 heteroatoms. The first-order chi connectivity index (χ1) is 15.6. The minimum atomic E-state index is -4.91. The van der Waals surface area contributed by atoms with Gasteiger partial charge in [0.05, 0.1) is 24.2 Å². The molecule has 4 rings (SSSR count). The van der Waals surface area contributed by atoms with Crippen molar-refractivity contribution in [3.8, 4) is 0 Å². The van der Waals surface area contributed by atoms with Crippen LogP contribution in [-0.2, 0) is 25.9 Å². The summed E-state index contributed by atoms with van der Waals surface area (Å²) in [6.07, 6.45) is -1.07. The summed E-state index contributed by atoms with van der Waals surface area (Å²) in [4.78, 5) is 25.5. The Bertz CT molecular complexity index is 1170. The fourth-order valence-electron chi connectivity index (χ4n) is 3.47. The van der Waals surface area contributed by atoms with Gasteiger partial charge in [-0.1, -0.05) is 20.3 Å². The van der Waals surface area contributed by atoms with Crippen LogP contribution < -0.4 is 4.90 Å². The molecule has 1 aliphatic heterocycles. The molecule has 0 bridgehead atoms. The predicted octanol–water partition coefficient (Wildman–Crippen LogP) is 4.19. The lowest BCUT2D eigenvalue weighted by molar-refractivity contribution is -0.141. The topological polar surface area (TPSA) is 104 Å². The van der Waals surface area contributed by atoms with Gasteiger partial charge >= 0.3 is 12.1 Å². The number of carboxylic acid groups (broad SMARTS) is 1. The lowest BCUT2D eigenvalue weighted by atomic mass is 10.2. The Labute approximate surface area is 192 Å². The molecule has 0 aliphatic carbocycles. The van der Waals surface area contributed by atoms with Gasteiger partial charge in [-0.15, -0.1) is 11.8 Å². The first-order valence-corrected chi connectivity index (χ1v) is 11.5. The van der Waals surface area contributed by atoms with E-state index in [-0.39, 0.29) is 19.1 Å². The van der Waals surface area contributed by atoms with Crippen LogP contribution in [0.15, 0.2) is 23.2 Å². The second-order valence-corrected chi connectivity index (χ2v) is 8.20. The number of halogens is 3. The normalized spacial score (nSPS) is 13.5. The van der Waals surface area contributed by atoms with Gasteiger partial charge in [0.25, 0.3) is 0 Å². The number of nitrogens with zero attached hydrogens (tertiary/aromatic N) is 5. The number of rotatable bonds is 4. The minimum absolute atomic E-state index is 0.121. The molecule has 0 unspecified atom stereocenters. The van der Waals surface area contributed by atoms with Crippen LogP contribution in [0, 0.1) is 0 Å². The summed E-state index contributed by atoms with van der Waals surface area (Å²) in [6, 6.07) is 3.74. The van der Waals surface area contributed by atoms with E-state index < -0.39 is 23.4 Å². The molecule has 0 saturated heterocycles. The van der Waals surface area contributed by atoms with E-state index in [0.29, 0.717) is 30.6 Å². The molecule has 0 amide bonds. The molecule has 3 heterocycles. The van der Waals surface area contributed by atoms with Gasteiger partial charge in [0.1, 0.15) is 11.4 Å². The quantitative estimate of drug-likeness (QED) is 0.533. The van der Waals surface area contributed by atoms with E-state index in [1.807, 2.05) is 16.9 Å². The maximum absolute atomic E-state index is 13.3. The molecule has 0 spiro atoms. The Hall–Kier alpha value is -2.86. The molecular weight excluding hydrogens is 459 g/mol. The van der Waals surface area contributed by atoms with Crippen LogP contribution in [0.5, 0.6) is 0 Å². The molecule has 33 heavy (non-hydrogen) atoms. The molecule has 178 valence electrons. The van der Waals surface area contributed by atoms with Crippen molar-refractivity contribution in [1.82, 2.24) is 19.5 Å². The van der Waals surface area contributed by atoms with Crippen molar-refractivity contribution in [3.63, 3.8) is 0 Å². The number of hydrogen-bond donors (Lipinski definition) is 2. The summed E-state index contributed by atoms with van der Waals surface area (Å²) in [5.41, 5.74) is -0.145. The number of fused-ring (bicyclic) bond motifs is 3. The Kier molecular flexibility index (Phi) is 7.48. The van der Waals surface area contributed by atoms with Gasteiger partial charge in [0.15, 0.2) is 5.69 Å². The zero-order valence-corrected chi connectivity index (χ0v) is 19.2. The van der Waals surface area contributed by atoms with Gasteiger partial charge in [-0.25, -0.2) is 19.7 Å². The number of carboxylic acids is 1. The fraction of sp³-hybridized carbons (Fsp3) is 0.429. The maximum atomic E-state index is 13.3. The smallest absolute Gasteiger partial charge is 0.434 e. The van der Waals surface area contributed by atoms with E-state index in [1.165, 1.54) is 23.1 Å². The Balaban J connectivity index is 0.000000968. The number of carbonyl (C=O) groups is 1. The third-order valence-corrected chi connectivity index (χ3v) is 5.70. The molecule has 1 aromatic carbocycles. The summed E-state index contributed by atoms with van der Waals surface area (Å²) in [5, 5.41) is 18.5. The van der Waals surface area contributed by atoms with Crippen molar-refractivity contribution in [2.24, 2.45) is 0 Å². The highest BCUT2D eigenvalue weighted by Gasteiger charge is 2.39. The first kappa shape index (κ1) is 24.8. The van der Waals surface area contributed by atoms with E-state index in [9.17, 15) is 23.1 Å². The summed E-state index contributed by atoms with van der Waals surface area (Å²) in [6.45, 7) is 5.08. The molecule has 3 aromatic rings. The second-order valence-electron chi connectivity index (χ2n) is 7.35. The molecule has 0 fully saturated rings. The summed E-state index contributed by atoms with van der Waals surface area (Å²) < 4.78 is 41.8. The number of alkyl halides is 3. The molecular formula is C21H24F3N5O3S. The van der Waals surface area contributed by atoms with Crippen LogP contribution in [0.25, 0.3) is 11.0 Å². The second kappa shape index (κ2) is 9.96. The first-order valence-electron chi connectivity index (χ1n) is 10.2. The van der Waals surface area contributed by atoms with Gasteiger partial charge in [0.2, 0.25) is 5.95 Å². The predicted molar refractivity (Wildman–Crippen MR) is 118 cm³/mol. The minimum Gasteiger partial charge on any atom is -0.478 e. The Morgan fingerprint density at radius 2 is 1.91 bits per heavy atom. The average molecular weight is 484 g/mol. The molecule has 2 aromatic heterocycles. The number of thioether (sulfide) groups is 1. The monoisotopic (exact) mass is 483 g/mol. The number of aliphatic hydroxyl groups excluding tert-OH is 1. The standard InChI is InChI=1S/C18H16F3N5O3S.C3H8/c1-30-13-5-12-11(4-9(13)8-27)23-14-7-25(2-3-26(12)14)17-22-6-10(16(28)29)15(24-17)18(19,20)21;1-3-2/h4-6,27H,2-3,7-8H2,1H3,(H,28,29);3H2,1-2H3. The van der Waals surface area contributed by atoms with Crippen molar-refractivity contribution in [2.45, 2.75) is 51.0 Å². The van der Waals surface area contributed by atoms with Crippen molar-refractivity contribution in [1.29, 1.82) is 0 Å². The molecule has 0 radical (unpaired) electrons. The van der Waals surface area contributed by atoms with E-state index in [2.05, 4.69) is 28.8 Å². The zero-order chi connectivity index (χ0) is 24.3. The van der Waals surface area contributed by atoms with Gasteiger partial charge < -0.3 is 19.7 Å². The Morgan fingerprint density at radius 1 is 1.21 bits per heavy atom. The number of aromatic nitrogens is 4. The lowest BCUT2D eigenvalue weighted by Gasteiger charge is -2.28. The number of hydrogen-bond acceptors (Lipinski definition) is 7. The molecule has 1 aliphatic rings. The third kappa shape index (κ3) is 5.06. The molecule has 8 nitrogen and oxygen atoms in total. The highest BCUT2D eigenvalue weighted by Crippen LogP contribution is 2.33. The van der Waals surface area contributed by atoms with Crippen LogP contribution >= 0.6 is 11.8 Å². The SMILES string of the molecule is CCC.CSc1cc2c(cc1CO)nc1n2CCN(c2ncc(C(=O)O)c(C(F)(F)F)n2)C1. The maximum Gasteiger partial charge on any atom is 0.434 e. The average Bonchev–Trinajstić information content (AvgIpc) is 3.14. The number of imidazole rings is 1. The van der Waals surface area contributed by atoms with Crippen LogP contribution in [0.2, 0.25) is 0 Å². The van der Waals surface area contributed by atoms with Gasteiger partial charge in [-0.2, -0.15) is 13.2 Å². The zero-order valence-electron chi connectivity index (χ0n) is 18.3. The van der Waals surface area contributed by atoms with Crippen molar-refractivity contribution >= 4 is 34.7 Å². The van der Waals surface area contributed by atoms with Crippen molar-refractivity contribution < 1.29 is 28.2 Å². The van der Waals surface area contributed by atoms with Crippen molar-refractivity contribution in [2.75, 3.05) is 17.7 Å². The lowest BCUT2D eigenvalue weighted by Crippen LogP contribution is -2.35. The third-order valence-electron chi connectivity index (χ3n) is 4.88. The largest absolute Gasteiger partial charge is 0.478 e. The summed E-state index contributed by atoms with van der Waals surface area (Å²) >= 11 is 1.51. The van der Waals surface area contributed by atoms with Gasteiger partial charge in [-0.05, 0) is 24.0 Å². The van der Waals surface area contributed by atoms with Gasteiger partial charge in [0, 0.05) is 24.2 Å². The molecule has 0 saturated carbocycles. The summed E-state index contributed by atoms with van der Waals surface area (Å²) in [7, 11) is 0. The van der Waals surface area contributed by atoms with E-state index in [4.69, 9.17) is 5.11 Å². The number of aliphatic hydroxyl groups is 1. The van der Waals surface area contributed by atoms with E-state index in [0.717, 1.165) is 16.0 Å². The molecule has 2 N–H and O–H groups in total. The fourth-order valence-corrected chi connectivity index (χ4v) is 4.08. The van der Waals surface area contributed by atoms with Crippen LogP contribution in [0.1, 0.15) is 47.7 Å². The summed E-state index contributed by atoms with van der Waals surface area (Å²) in [5.74, 6) is -1.32. The van der Waals surface area contributed by atoms with Crippen molar-refractivity contribution in [3.05, 3.63) is 41.0 Å². The number of aromatic carboxylic acids is 1. The number of anilines is 1. The highest BCUT2D eigenvalue weighted by atomic mass is 32.2. The Morgan fingerprint density at radius 3 is 2.48 bits per heavy atom. The van der Waals surface area contributed by atoms with Crippen LogP contribution in [0.3, 0.4) is 0 Å². The van der Waals surface area contributed by atoms with Crippen LogP contribution in [0.4, 0.5) is 19.1 Å². The molecule has 0 atom stereocenters. The number of benzene rings is 1. The van der Waals surface area contributed by atoms with E-state index in [1.54, 1.807) is 6.07 Å². The van der Waals surface area contributed by atoms with Crippen LogP contribution in [-0.4, -0.2) is 48.5 Å². The van der Waals surface area contributed by atoms with Gasteiger partial charge in [-0.3, -0.25) is 0 Å².